The molecule has 1 amide bonds. The van der Waals surface area contributed by atoms with E-state index in [1.807, 2.05) is 12.3 Å². The molecule has 0 aliphatic heterocycles. The van der Waals surface area contributed by atoms with Crippen LogP contribution in [-0.4, -0.2) is 28.0 Å². The summed E-state index contributed by atoms with van der Waals surface area (Å²) in [6, 6.07) is -0.774. The molecule has 1 heterocycles. The average molecular weight is 256 g/mol. The minimum absolute atomic E-state index is 0.235. The van der Waals surface area contributed by atoms with Crippen molar-refractivity contribution in [3.8, 4) is 0 Å². The first kappa shape index (κ1) is 13.6. The van der Waals surface area contributed by atoms with Crippen molar-refractivity contribution in [1.29, 1.82) is 0 Å². The molecular weight excluding hydrogens is 240 g/mol. The fourth-order valence-corrected chi connectivity index (χ4v) is 2.03. The van der Waals surface area contributed by atoms with Crippen LogP contribution in [0.3, 0.4) is 0 Å². The van der Waals surface area contributed by atoms with Crippen LogP contribution in [0, 0.1) is 0 Å². The van der Waals surface area contributed by atoms with Crippen LogP contribution in [0.2, 0.25) is 0 Å². The maximum absolute atomic E-state index is 11.5. The molecular formula is C11H16N2O3S. The van der Waals surface area contributed by atoms with Crippen molar-refractivity contribution in [2.45, 2.75) is 38.6 Å². The minimum atomic E-state index is -0.977. The van der Waals surface area contributed by atoms with Crippen molar-refractivity contribution in [2.75, 3.05) is 0 Å². The summed E-state index contributed by atoms with van der Waals surface area (Å²) in [4.78, 5) is 26.4. The summed E-state index contributed by atoms with van der Waals surface area (Å²) >= 11 is 1.49. The Morgan fingerprint density at radius 1 is 1.59 bits per heavy atom. The number of thiazole rings is 1. The lowest BCUT2D eigenvalue weighted by molar-refractivity contribution is -0.142. The van der Waals surface area contributed by atoms with E-state index in [1.54, 1.807) is 6.20 Å². The summed E-state index contributed by atoms with van der Waals surface area (Å²) in [5, 5.41) is 14.1. The van der Waals surface area contributed by atoms with Crippen LogP contribution in [0.5, 0.6) is 0 Å². The van der Waals surface area contributed by atoms with Crippen molar-refractivity contribution in [3.05, 3.63) is 16.6 Å². The molecule has 0 saturated carbocycles. The van der Waals surface area contributed by atoms with E-state index in [0.717, 1.165) is 11.4 Å². The Kier molecular flexibility index (Phi) is 5.62. The van der Waals surface area contributed by atoms with Crippen LogP contribution in [0.1, 0.15) is 31.2 Å². The Labute approximate surface area is 104 Å². The third kappa shape index (κ3) is 4.95. The second kappa shape index (κ2) is 7.01. The molecule has 17 heavy (non-hydrogen) atoms. The number of aromatic nitrogens is 1. The number of aliphatic carboxylic acids is 1. The van der Waals surface area contributed by atoms with Crippen LogP contribution in [-0.2, 0) is 16.0 Å². The van der Waals surface area contributed by atoms with Crippen LogP contribution in [0.4, 0.5) is 0 Å². The summed E-state index contributed by atoms with van der Waals surface area (Å²) in [6.07, 6.45) is 3.71. The van der Waals surface area contributed by atoms with E-state index in [9.17, 15) is 9.59 Å². The van der Waals surface area contributed by atoms with E-state index in [-0.39, 0.29) is 12.3 Å². The molecule has 0 spiro atoms. The molecule has 1 atom stereocenters. The standard InChI is InChI=1S/C11H16N2O3S/c1-2-3-8(11(15)16)13-9(14)4-5-10-12-6-7-17-10/h6-8H,2-5H2,1H3,(H,13,14)(H,15,16). The fourth-order valence-electron chi connectivity index (χ4n) is 1.41. The summed E-state index contributed by atoms with van der Waals surface area (Å²) in [5.74, 6) is -1.21. The van der Waals surface area contributed by atoms with Gasteiger partial charge in [0.1, 0.15) is 6.04 Å². The first-order chi connectivity index (χ1) is 8.13. The van der Waals surface area contributed by atoms with Crippen LogP contribution >= 0.6 is 11.3 Å². The number of hydrogen-bond acceptors (Lipinski definition) is 4. The lowest BCUT2D eigenvalue weighted by Gasteiger charge is -2.12. The molecule has 1 aromatic rings. The van der Waals surface area contributed by atoms with Gasteiger partial charge in [0.05, 0.1) is 5.01 Å². The highest BCUT2D eigenvalue weighted by Crippen LogP contribution is 2.07. The van der Waals surface area contributed by atoms with Crippen LogP contribution < -0.4 is 5.32 Å². The van der Waals surface area contributed by atoms with Crippen LogP contribution in [0.25, 0.3) is 0 Å². The third-order valence-corrected chi connectivity index (χ3v) is 3.10. The van der Waals surface area contributed by atoms with Gasteiger partial charge in [0, 0.05) is 24.4 Å². The van der Waals surface area contributed by atoms with Gasteiger partial charge >= 0.3 is 5.97 Å². The summed E-state index contributed by atoms with van der Waals surface area (Å²) < 4.78 is 0. The number of carbonyl (C=O) groups is 2. The first-order valence-corrected chi connectivity index (χ1v) is 6.42. The Balaban J connectivity index is 2.34. The number of hydrogen-bond donors (Lipinski definition) is 2. The molecule has 0 aromatic carbocycles. The number of nitrogens with zero attached hydrogens (tertiary/aromatic N) is 1. The van der Waals surface area contributed by atoms with E-state index in [0.29, 0.717) is 12.8 Å². The second-order valence-corrected chi connectivity index (χ2v) is 4.65. The summed E-state index contributed by atoms with van der Waals surface area (Å²) in [7, 11) is 0. The molecule has 6 heteroatoms. The zero-order valence-corrected chi connectivity index (χ0v) is 10.5. The largest absolute Gasteiger partial charge is 0.480 e. The number of aryl methyl sites for hydroxylation is 1. The Bertz CT molecular complexity index is 365. The van der Waals surface area contributed by atoms with Crippen LogP contribution in [0.15, 0.2) is 11.6 Å². The van der Waals surface area contributed by atoms with Gasteiger partial charge in [0.25, 0.3) is 0 Å². The predicted octanol–water partition coefficient (Wildman–Crippen LogP) is 1.45. The van der Waals surface area contributed by atoms with E-state index in [4.69, 9.17) is 5.11 Å². The molecule has 0 bridgehead atoms. The van der Waals surface area contributed by atoms with Crippen molar-refractivity contribution in [3.63, 3.8) is 0 Å². The quantitative estimate of drug-likeness (QED) is 0.773. The highest BCUT2D eigenvalue weighted by Gasteiger charge is 2.18. The van der Waals surface area contributed by atoms with E-state index < -0.39 is 12.0 Å². The lowest BCUT2D eigenvalue weighted by atomic mass is 10.1. The average Bonchev–Trinajstić information content (AvgIpc) is 2.78. The van der Waals surface area contributed by atoms with Crippen molar-refractivity contribution < 1.29 is 14.7 Å². The van der Waals surface area contributed by atoms with Gasteiger partial charge in [-0.15, -0.1) is 11.3 Å². The van der Waals surface area contributed by atoms with Gasteiger partial charge < -0.3 is 10.4 Å². The number of nitrogens with one attached hydrogen (secondary N) is 1. The number of rotatable bonds is 7. The molecule has 1 aromatic heterocycles. The SMILES string of the molecule is CCCC(NC(=O)CCc1nccs1)C(=O)O. The molecule has 1 rings (SSSR count). The molecule has 0 fully saturated rings. The maximum atomic E-state index is 11.5. The zero-order valence-electron chi connectivity index (χ0n) is 9.68. The summed E-state index contributed by atoms with van der Waals surface area (Å²) in [5.41, 5.74) is 0. The first-order valence-electron chi connectivity index (χ1n) is 5.54. The monoisotopic (exact) mass is 256 g/mol. The zero-order chi connectivity index (χ0) is 12.7. The van der Waals surface area contributed by atoms with Crippen molar-refractivity contribution in [2.24, 2.45) is 0 Å². The number of carbonyl (C=O) groups excluding carboxylic acids is 1. The van der Waals surface area contributed by atoms with Gasteiger partial charge in [-0.05, 0) is 6.42 Å². The smallest absolute Gasteiger partial charge is 0.326 e. The predicted molar refractivity (Wildman–Crippen MR) is 64.9 cm³/mol. The maximum Gasteiger partial charge on any atom is 0.326 e. The molecule has 0 saturated heterocycles. The van der Waals surface area contributed by atoms with Crippen molar-refractivity contribution >= 4 is 23.2 Å². The fraction of sp³-hybridized carbons (Fsp3) is 0.545. The molecule has 0 radical (unpaired) electrons. The molecule has 0 aliphatic rings. The second-order valence-electron chi connectivity index (χ2n) is 3.67. The normalized spacial score (nSPS) is 12.1. The Morgan fingerprint density at radius 2 is 2.35 bits per heavy atom. The lowest BCUT2D eigenvalue weighted by Crippen LogP contribution is -2.40. The topological polar surface area (TPSA) is 79.3 Å². The van der Waals surface area contributed by atoms with Gasteiger partial charge in [0.15, 0.2) is 0 Å². The number of amides is 1. The molecule has 5 nitrogen and oxygen atoms in total. The molecule has 1 unspecified atom stereocenters. The van der Waals surface area contributed by atoms with Gasteiger partial charge in [-0.1, -0.05) is 13.3 Å². The van der Waals surface area contributed by atoms with Gasteiger partial charge in [0.2, 0.25) is 5.91 Å². The Hall–Kier alpha value is -1.43. The van der Waals surface area contributed by atoms with Gasteiger partial charge in [-0.25, -0.2) is 9.78 Å². The highest BCUT2D eigenvalue weighted by molar-refractivity contribution is 7.09. The van der Waals surface area contributed by atoms with Gasteiger partial charge in [-0.3, -0.25) is 4.79 Å². The summed E-state index contributed by atoms with van der Waals surface area (Å²) in [6.45, 7) is 1.89. The highest BCUT2D eigenvalue weighted by atomic mass is 32.1. The van der Waals surface area contributed by atoms with Crippen molar-refractivity contribution in [1.82, 2.24) is 10.3 Å². The number of carboxylic acids is 1. The minimum Gasteiger partial charge on any atom is -0.480 e. The molecule has 0 aliphatic carbocycles. The third-order valence-electron chi connectivity index (χ3n) is 2.26. The van der Waals surface area contributed by atoms with Gasteiger partial charge in [-0.2, -0.15) is 0 Å². The number of carboxylic acid groups (broad SMARTS) is 1. The van der Waals surface area contributed by atoms with E-state index in [1.165, 1.54) is 11.3 Å². The molecule has 2 N–H and O–H groups in total. The molecule has 94 valence electrons. The van der Waals surface area contributed by atoms with E-state index >= 15 is 0 Å². The van der Waals surface area contributed by atoms with E-state index in [2.05, 4.69) is 10.3 Å². The Morgan fingerprint density at radius 3 is 2.88 bits per heavy atom.